The quantitative estimate of drug-likeness (QED) is 0.0421. The minimum absolute atomic E-state index is 0.139. The molecule has 0 saturated heterocycles. The minimum Gasteiger partial charge on any atom is -0.490 e. The van der Waals surface area contributed by atoms with Crippen molar-refractivity contribution < 1.29 is 33.6 Å². The maximum Gasteiger partial charge on any atom is 0.337 e. The lowest BCUT2D eigenvalue weighted by molar-refractivity contribution is -0.136. The van der Waals surface area contributed by atoms with Crippen LogP contribution in [0, 0.1) is 3.57 Å². The molecule has 12 heteroatoms. The van der Waals surface area contributed by atoms with Gasteiger partial charge in [-0.15, -0.1) is 6.58 Å². The number of aliphatic hydroxyl groups is 1. The summed E-state index contributed by atoms with van der Waals surface area (Å²) in [5, 5.41) is 20.0. The zero-order valence-corrected chi connectivity index (χ0v) is 28.0. The van der Waals surface area contributed by atoms with Crippen LogP contribution in [0.25, 0.3) is 0 Å². The number of halogens is 1. The van der Waals surface area contributed by atoms with Gasteiger partial charge >= 0.3 is 12.0 Å². The van der Waals surface area contributed by atoms with Crippen molar-refractivity contribution in [1.82, 2.24) is 16.1 Å². The number of carbonyl (C=O) groups is 2. The van der Waals surface area contributed by atoms with E-state index in [9.17, 15) is 14.7 Å². The Morgan fingerprint density at radius 2 is 1.85 bits per heavy atom. The molecule has 0 aliphatic carbocycles. The molecule has 11 nitrogen and oxygen atoms in total. The fraction of sp³-hybridized carbons (Fsp3) is 0.265. The van der Waals surface area contributed by atoms with E-state index in [2.05, 4.69) is 50.3 Å². The first kappa shape index (κ1) is 34.3. The first-order valence-corrected chi connectivity index (χ1v) is 15.6. The normalized spacial score (nSPS) is 15.1. The smallest absolute Gasteiger partial charge is 0.337 e. The van der Waals surface area contributed by atoms with Crippen LogP contribution in [0.2, 0.25) is 0 Å². The van der Waals surface area contributed by atoms with Gasteiger partial charge in [0, 0.05) is 9.27 Å². The number of ether oxygens (including phenoxy) is 4. The third-order valence-electron chi connectivity index (χ3n) is 6.87. The molecular weight excluding hydrogens is 703 g/mol. The predicted octanol–water partition coefficient (Wildman–Crippen LogP) is 5.12. The Hall–Kier alpha value is -4.56. The van der Waals surface area contributed by atoms with Gasteiger partial charge in [0.15, 0.2) is 17.7 Å². The van der Waals surface area contributed by atoms with Crippen molar-refractivity contribution in [1.29, 1.82) is 0 Å². The van der Waals surface area contributed by atoms with Gasteiger partial charge in [0.05, 0.1) is 31.5 Å². The molecule has 0 fully saturated rings. The van der Waals surface area contributed by atoms with Crippen LogP contribution in [0.4, 0.5) is 4.79 Å². The molecule has 1 aliphatic heterocycles. The number of amides is 2. The van der Waals surface area contributed by atoms with Crippen molar-refractivity contribution in [3.8, 4) is 17.2 Å². The summed E-state index contributed by atoms with van der Waals surface area (Å²) in [5.41, 5.74) is 6.79. The molecule has 242 valence electrons. The fourth-order valence-electron chi connectivity index (χ4n) is 4.70. The molecule has 0 bridgehead atoms. The Morgan fingerprint density at radius 3 is 2.57 bits per heavy atom. The Bertz CT molecular complexity index is 1610. The molecule has 3 aromatic rings. The lowest BCUT2D eigenvalue weighted by Crippen LogP contribution is -2.45. The third-order valence-corrected chi connectivity index (χ3v) is 7.58. The number of rotatable bonds is 15. The number of nitrogens with one attached hydrogen (secondary N) is 3. The number of esters is 1. The lowest BCUT2D eigenvalue weighted by atomic mass is 9.95. The van der Waals surface area contributed by atoms with Crippen LogP contribution in [0.1, 0.15) is 42.1 Å². The van der Waals surface area contributed by atoms with Gasteiger partial charge in [0.25, 0.3) is 0 Å². The monoisotopic (exact) mass is 740 g/mol. The van der Waals surface area contributed by atoms with Crippen molar-refractivity contribution in [2.75, 3.05) is 20.3 Å². The van der Waals surface area contributed by atoms with E-state index < -0.39 is 24.3 Å². The molecule has 2 amide bonds. The third kappa shape index (κ3) is 9.23. The van der Waals surface area contributed by atoms with Crippen LogP contribution in [-0.2, 0) is 22.6 Å². The number of aliphatic hydroxyl groups excluding tert-OH is 1. The molecule has 4 rings (SSSR count). The second-order valence-corrected chi connectivity index (χ2v) is 11.4. The molecule has 0 spiro atoms. The molecule has 1 aliphatic rings. The summed E-state index contributed by atoms with van der Waals surface area (Å²) in [6.45, 7) is 7.96. The number of allylic oxidation sites excluding steroid dienone is 2. The number of methoxy groups -OCH3 is 1. The Balaban J connectivity index is 1.37. The highest BCUT2D eigenvalue weighted by Gasteiger charge is 2.32. The average Bonchev–Trinajstić information content (AvgIpc) is 3.04. The van der Waals surface area contributed by atoms with Gasteiger partial charge in [0.1, 0.15) is 19.0 Å². The van der Waals surface area contributed by atoms with Gasteiger partial charge in [-0.05, 0) is 108 Å². The Morgan fingerprint density at radius 1 is 1.09 bits per heavy atom. The molecular formula is C34H37IN4O7. The van der Waals surface area contributed by atoms with Crippen LogP contribution in [0.5, 0.6) is 17.2 Å². The lowest BCUT2D eigenvalue weighted by Gasteiger charge is -2.28. The van der Waals surface area contributed by atoms with Crippen molar-refractivity contribution >= 4 is 40.8 Å². The van der Waals surface area contributed by atoms with Crippen LogP contribution in [0.15, 0.2) is 89.7 Å². The van der Waals surface area contributed by atoms with E-state index in [1.54, 1.807) is 31.3 Å². The van der Waals surface area contributed by atoms with Crippen molar-refractivity contribution in [2.45, 2.75) is 39.1 Å². The zero-order chi connectivity index (χ0) is 33.1. The molecule has 46 heavy (non-hydrogen) atoms. The molecule has 0 unspecified atom stereocenters. The Kier molecular flexibility index (Phi) is 12.4. The molecule has 0 aromatic heterocycles. The first-order valence-electron chi connectivity index (χ1n) is 14.6. The van der Waals surface area contributed by atoms with Crippen LogP contribution in [-0.4, -0.2) is 49.9 Å². The van der Waals surface area contributed by atoms with Crippen LogP contribution >= 0.6 is 22.6 Å². The van der Waals surface area contributed by atoms with E-state index in [1.165, 1.54) is 10.7 Å². The number of benzene rings is 3. The van der Waals surface area contributed by atoms with E-state index in [4.69, 9.17) is 18.9 Å². The second-order valence-electron chi connectivity index (χ2n) is 10.2. The van der Waals surface area contributed by atoms with Crippen LogP contribution < -0.4 is 30.3 Å². The minimum atomic E-state index is -1.13. The molecule has 0 radical (unpaired) electrons. The number of nitrogens with zero attached hydrogens (tertiary/aromatic N) is 1. The summed E-state index contributed by atoms with van der Waals surface area (Å²) < 4.78 is 23.8. The van der Waals surface area contributed by atoms with Crippen LogP contribution in [0.3, 0.4) is 0 Å². The van der Waals surface area contributed by atoms with Gasteiger partial charge in [-0.2, -0.15) is 5.10 Å². The van der Waals surface area contributed by atoms with Crippen molar-refractivity contribution in [3.63, 3.8) is 0 Å². The van der Waals surface area contributed by atoms with Crippen molar-refractivity contribution in [2.24, 2.45) is 5.10 Å². The van der Waals surface area contributed by atoms with Crippen molar-refractivity contribution in [3.05, 3.63) is 110 Å². The summed E-state index contributed by atoms with van der Waals surface area (Å²) in [6.07, 6.45) is 2.91. The highest BCUT2D eigenvalue weighted by molar-refractivity contribution is 14.1. The number of hydrogen-bond donors (Lipinski definition) is 4. The second kappa shape index (κ2) is 16.7. The number of carbonyl (C=O) groups excluding carboxylic acids is 2. The molecule has 3 aromatic carbocycles. The molecule has 0 saturated carbocycles. The topological polar surface area (TPSA) is 140 Å². The zero-order valence-electron chi connectivity index (χ0n) is 25.8. The maximum atomic E-state index is 12.5. The average molecular weight is 741 g/mol. The largest absolute Gasteiger partial charge is 0.490 e. The number of urea groups is 1. The summed E-state index contributed by atoms with van der Waals surface area (Å²) in [7, 11) is 1.28. The first-order chi connectivity index (χ1) is 22.2. The number of hydrogen-bond acceptors (Lipinski definition) is 9. The van der Waals surface area contributed by atoms with E-state index in [0.717, 1.165) is 22.4 Å². The summed E-state index contributed by atoms with van der Waals surface area (Å²) >= 11 is 2.27. The highest BCUT2D eigenvalue weighted by atomic mass is 127. The maximum absolute atomic E-state index is 12.5. The molecule has 1 heterocycles. The van der Waals surface area contributed by atoms with E-state index >= 15 is 0 Å². The summed E-state index contributed by atoms with van der Waals surface area (Å²) in [5.74, 6) is 0.945. The predicted molar refractivity (Wildman–Crippen MR) is 183 cm³/mol. The van der Waals surface area contributed by atoms with Gasteiger partial charge in [-0.3, -0.25) is 5.43 Å². The van der Waals surface area contributed by atoms with Gasteiger partial charge < -0.3 is 34.7 Å². The molecule has 4 N–H and O–H groups in total. The summed E-state index contributed by atoms with van der Waals surface area (Å²) in [4.78, 5) is 24.6. The number of hydrazone groups is 1. The summed E-state index contributed by atoms with van der Waals surface area (Å²) in [6, 6.07) is 17.7. The van der Waals surface area contributed by atoms with Gasteiger partial charge in [-0.25, -0.2) is 9.59 Å². The fourth-order valence-corrected chi connectivity index (χ4v) is 5.06. The van der Waals surface area contributed by atoms with Gasteiger partial charge in [-0.1, -0.05) is 24.3 Å². The van der Waals surface area contributed by atoms with E-state index in [-0.39, 0.29) is 12.2 Å². The highest BCUT2D eigenvalue weighted by Crippen LogP contribution is 2.35. The van der Waals surface area contributed by atoms with E-state index in [0.29, 0.717) is 42.4 Å². The molecule has 2 atom stereocenters. The SMILES string of the molecule is C=CCc1cc(/C=N\N[C@H](O)COc2ccc([C@H]3NC(=O)NC(C)=C3C(=O)OC)cc2OCC)ccc1OCc1ccc(I)cc1. The Labute approximate surface area is 281 Å². The standard InChI is InChI=1S/C34H37IN4O7/c1-5-7-24-16-23(10-14-27(24)45-19-22-8-12-26(35)13-9-22)18-36-39-30(40)20-46-28-15-11-25(17-29(28)44-6-2)32-31(33(41)43-4)21(3)37-34(42)38-32/h5,8-18,30,32,39-40H,1,6-7,19-20H2,2-4H3,(H2,37,38,42)/b36-18-/t30-,32-/m1/s1. The van der Waals surface area contributed by atoms with Gasteiger partial charge in [0.2, 0.25) is 0 Å². The van der Waals surface area contributed by atoms with E-state index in [1.807, 2.05) is 55.5 Å².